The molecule has 0 aromatic carbocycles. The van der Waals surface area contributed by atoms with Crippen molar-refractivity contribution in [3.63, 3.8) is 0 Å². The lowest BCUT2D eigenvalue weighted by Gasteiger charge is -2.40. The van der Waals surface area contributed by atoms with Crippen LogP contribution in [0.1, 0.15) is 51.9 Å². The van der Waals surface area contributed by atoms with Crippen molar-refractivity contribution >= 4 is 5.97 Å². The summed E-state index contributed by atoms with van der Waals surface area (Å²) in [7, 11) is 0. The van der Waals surface area contributed by atoms with Gasteiger partial charge in [0.25, 0.3) is 0 Å². The van der Waals surface area contributed by atoms with Gasteiger partial charge in [-0.25, -0.2) is 0 Å². The first-order chi connectivity index (χ1) is 13.0. The molecule has 2 unspecified atom stereocenters. The molecule has 4 aliphatic rings. The van der Waals surface area contributed by atoms with E-state index in [0.717, 1.165) is 62.7 Å². The summed E-state index contributed by atoms with van der Waals surface area (Å²) in [5.74, 6) is 6.65. The molecule has 0 bridgehead atoms. The standard InChI is InChI=1S/C23H31NO3/c1-16-9-10-21(23(27,13-16)19-6-2-3-7-19)20(22(25)26)8-4-5-11-24-14-17-12-18(17)15-24/h9-10,17-20,27H,2-3,6-8,11-15H2,1H3,(H,25,26)/t17-,18+,20?,23?. The van der Waals surface area contributed by atoms with Crippen LogP contribution in [0.25, 0.3) is 0 Å². The lowest BCUT2D eigenvalue weighted by Crippen LogP contribution is -2.44. The molecular weight excluding hydrogens is 338 g/mol. The summed E-state index contributed by atoms with van der Waals surface area (Å²) in [6.07, 6.45) is 10.3. The van der Waals surface area contributed by atoms with Crippen molar-refractivity contribution in [2.45, 2.75) is 57.5 Å². The smallest absolute Gasteiger partial charge is 0.311 e. The Kier molecular flexibility index (Phi) is 5.18. The molecule has 4 atom stereocenters. The van der Waals surface area contributed by atoms with Crippen LogP contribution in [0.4, 0.5) is 0 Å². The number of aliphatic hydroxyl groups is 1. The van der Waals surface area contributed by atoms with E-state index in [2.05, 4.69) is 16.7 Å². The Hall–Kier alpha value is -1.57. The van der Waals surface area contributed by atoms with Gasteiger partial charge in [-0.05, 0) is 49.5 Å². The predicted octanol–water partition coefficient (Wildman–Crippen LogP) is 3.23. The zero-order valence-corrected chi connectivity index (χ0v) is 16.3. The fourth-order valence-corrected chi connectivity index (χ4v) is 5.46. The maximum atomic E-state index is 12.0. The van der Waals surface area contributed by atoms with Gasteiger partial charge in [0.05, 0.1) is 18.1 Å². The van der Waals surface area contributed by atoms with Gasteiger partial charge >= 0.3 is 5.97 Å². The summed E-state index contributed by atoms with van der Waals surface area (Å²) >= 11 is 0. The van der Waals surface area contributed by atoms with Gasteiger partial charge < -0.3 is 10.2 Å². The normalized spacial score (nSPS) is 34.3. The summed E-state index contributed by atoms with van der Waals surface area (Å²) in [5.41, 5.74) is 0.774. The van der Waals surface area contributed by atoms with Crippen LogP contribution in [-0.2, 0) is 4.79 Å². The molecule has 4 heteroatoms. The van der Waals surface area contributed by atoms with Crippen LogP contribution in [0.5, 0.6) is 0 Å². The van der Waals surface area contributed by atoms with Crippen LogP contribution in [0, 0.1) is 35.5 Å². The highest BCUT2D eigenvalue weighted by atomic mass is 16.4. The molecule has 2 saturated carbocycles. The van der Waals surface area contributed by atoms with Crippen LogP contribution in [0.15, 0.2) is 23.3 Å². The van der Waals surface area contributed by atoms with Crippen LogP contribution in [0.3, 0.4) is 0 Å². The summed E-state index contributed by atoms with van der Waals surface area (Å²) in [6.45, 7) is 5.06. The van der Waals surface area contributed by atoms with E-state index in [9.17, 15) is 15.0 Å². The minimum atomic E-state index is -1.02. The lowest BCUT2D eigenvalue weighted by molar-refractivity contribution is -0.141. The molecule has 3 aliphatic carbocycles. The summed E-state index contributed by atoms with van der Waals surface area (Å²) < 4.78 is 0. The highest BCUT2D eigenvalue weighted by molar-refractivity contribution is 5.75. The molecule has 4 nitrogen and oxygen atoms in total. The molecule has 2 N–H and O–H groups in total. The largest absolute Gasteiger partial charge is 0.481 e. The number of piperidine rings is 1. The third kappa shape index (κ3) is 3.86. The Morgan fingerprint density at radius 1 is 1.26 bits per heavy atom. The van der Waals surface area contributed by atoms with Gasteiger partial charge in [0.2, 0.25) is 0 Å². The van der Waals surface area contributed by atoms with Crippen LogP contribution in [0.2, 0.25) is 0 Å². The van der Waals surface area contributed by atoms with Gasteiger partial charge in [-0.1, -0.05) is 36.5 Å². The first-order valence-corrected chi connectivity index (χ1v) is 10.5. The van der Waals surface area contributed by atoms with Gasteiger partial charge in [0.1, 0.15) is 0 Å². The Bertz CT molecular complexity index is 712. The van der Waals surface area contributed by atoms with Crippen molar-refractivity contribution in [3.05, 3.63) is 23.3 Å². The Balaban J connectivity index is 1.46. The number of rotatable bonds is 5. The van der Waals surface area contributed by atoms with Crippen molar-refractivity contribution in [1.82, 2.24) is 4.90 Å². The number of aliphatic carboxylic acids is 1. The molecule has 27 heavy (non-hydrogen) atoms. The third-order valence-corrected chi connectivity index (χ3v) is 7.09. The molecule has 3 fully saturated rings. The van der Waals surface area contributed by atoms with Gasteiger partial charge in [0.15, 0.2) is 0 Å². The summed E-state index contributed by atoms with van der Waals surface area (Å²) in [6, 6.07) is 0. The molecule has 0 spiro atoms. The number of carbonyl (C=O) groups is 1. The van der Waals surface area contributed by atoms with E-state index < -0.39 is 17.5 Å². The fourth-order valence-electron chi connectivity index (χ4n) is 5.46. The van der Waals surface area contributed by atoms with E-state index in [1.807, 2.05) is 19.1 Å². The molecule has 4 rings (SSSR count). The number of hydrogen-bond acceptors (Lipinski definition) is 3. The van der Waals surface area contributed by atoms with Crippen molar-refractivity contribution in [3.8, 4) is 11.8 Å². The van der Waals surface area contributed by atoms with E-state index in [0.29, 0.717) is 12.0 Å². The molecule has 146 valence electrons. The van der Waals surface area contributed by atoms with Crippen molar-refractivity contribution in [2.75, 3.05) is 19.6 Å². The number of carboxylic acids is 1. The van der Waals surface area contributed by atoms with E-state index in [1.165, 1.54) is 6.42 Å². The van der Waals surface area contributed by atoms with Gasteiger partial charge in [-0.3, -0.25) is 9.69 Å². The quantitative estimate of drug-likeness (QED) is 0.731. The highest BCUT2D eigenvalue weighted by Gasteiger charge is 2.46. The molecule has 1 aliphatic heterocycles. The minimum absolute atomic E-state index is 0.165. The van der Waals surface area contributed by atoms with Crippen molar-refractivity contribution in [1.29, 1.82) is 0 Å². The average molecular weight is 370 g/mol. The SMILES string of the molecule is CC1=CC=C(C(CC#CCN2C[C@H]3C[C@H]3C2)C(=O)O)C(O)(C2CCCC2)C1. The number of fused-ring (bicyclic) bond motifs is 1. The first kappa shape index (κ1) is 18.8. The van der Waals surface area contributed by atoms with E-state index in [1.54, 1.807) is 0 Å². The van der Waals surface area contributed by atoms with Crippen LogP contribution >= 0.6 is 0 Å². The molecule has 0 radical (unpaired) electrons. The molecular formula is C23H31NO3. The van der Waals surface area contributed by atoms with Crippen LogP contribution in [-0.4, -0.2) is 46.3 Å². The maximum absolute atomic E-state index is 12.0. The van der Waals surface area contributed by atoms with E-state index >= 15 is 0 Å². The second kappa shape index (κ2) is 7.45. The summed E-state index contributed by atoms with van der Waals surface area (Å²) in [4.78, 5) is 14.4. The second-order valence-electron chi connectivity index (χ2n) is 9.12. The van der Waals surface area contributed by atoms with E-state index in [-0.39, 0.29) is 12.3 Å². The second-order valence-corrected chi connectivity index (χ2v) is 9.12. The third-order valence-electron chi connectivity index (χ3n) is 7.09. The number of nitrogens with zero attached hydrogens (tertiary/aromatic N) is 1. The van der Waals surface area contributed by atoms with E-state index in [4.69, 9.17) is 0 Å². The van der Waals surface area contributed by atoms with Crippen LogP contribution < -0.4 is 0 Å². The molecule has 0 aromatic heterocycles. The zero-order chi connectivity index (χ0) is 19.0. The zero-order valence-electron chi connectivity index (χ0n) is 16.3. The number of carboxylic acid groups (broad SMARTS) is 1. The minimum Gasteiger partial charge on any atom is -0.481 e. The highest BCUT2D eigenvalue weighted by Crippen LogP contribution is 2.47. The number of likely N-dealkylation sites (tertiary alicyclic amines) is 1. The maximum Gasteiger partial charge on any atom is 0.311 e. The molecule has 0 amide bonds. The fraction of sp³-hybridized carbons (Fsp3) is 0.696. The molecule has 1 saturated heterocycles. The summed E-state index contributed by atoms with van der Waals surface area (Å²) in [5, 5.41) is 21.4. The lowest BCUT2D eigenvalue weighted by atomic mass is 9.69. The Morgan fingerprint density at radius 2 is 1.96 bits per heavy atom. The molecule has 0 aromatic rings. The Morgan fingerprint density at radius 3 is 2.63 bits per heavy atom. The number of hydrogen-bond donors (Lipinski definition) is 2. The monoisotopic (exact) mass is 369 g/mol. The van der Waals surface area contributed by atoms with Gasteiger partial charge in [-0.2, -0.15) is 0 Å². The predicted molar refractivity (Wildman–Crippen MR) is 105 cm³/mol. The van der Waals surface area contributed by atoms with Crippen molar-refractivity contribution in [2.24, 2.45) is 23.7 Å². The average Bonchev–Trinajstić information content (AvgIpc) is 3.04. The van der Waals surface area contributed by atoms with Gasteiger partial charge in [0, 0.05) is 25.9 Å². The topological polar surface area (TPSA) is 60.8 Å². The first-order valence-electron chi connectivity index (χ1n) is 10.5. The molecule has 1 heterocycles. The Labute approximate surface area is 162 Å². The van der Waals surface area contributed by atoms with Gasteiger partial charge in [-0.15, -0.1) is 5.92 Å². The number of allylic oxidation sites excluding steroid dienone is 2. The van der Waals surface area contributed by atoms with Crippen molar-refractivity contribution < 1.29 is 15.0 Å².